The first-order valence-corrected chi connectivity index (χ1v) is 8.23. The number of hydrogen-bond acceptors (Lipinski definition) is 3. The second-order valence-electron chi connectivity index (χ2n) is 4.84. The fourth-order valence-corrected chi connectivity index (χ4v) is 4.72. The maximum absolute atomic E-state index is 13.8. The average molecular weight is 351 g/mol. The quantitative estimate of drug-likeness (QED) is 0.905. The number of carbonyl (C=O) groups is 1. The van der Waals surface area contributed by atoms with E-state index in [1.54, 1.807) is 6.07 Å². The predicted molar refractivity (Wildman–Crippen MR) is 71.1 cm³/mol. The summed E-state index contributed by atoms with van der Waals surface area (Å²) in [6, 6.07) is 4.33. The van der Waals surface area contributed by atoms with Crippen molar-refractivity contribution in [3.63, 3.8) is 0 Å². The molecule has 0 spiro atoms. The lowest BCUT2D eigenvalue weighted by molar-refractivity contribution is -0.147. The van der Waals surface area contributed by atoms with E-state index in [2.05, 4.69) is 15.9 Å². The van der Waals surface area contributed by atoms with Crippen LogP contribution in [0.15, 0.2) is 22.7 Å². The summed E-state index contributed by atoms with van der Waals surface area (Å²) in [5.41, 5.74) is -1.18. The molecule has 104 valence electrons. The minimum absolute atomic E-state index is 0.0279. The van der Waals surface area contributed by atoms with Gasteiger partial charge in [-0.15, -0.1) is 0 Å². The summed E-state index contributed by atoms with van der Waals surface area (Å²) in [4.78, 5) is 11.4. The average Bonchev–Trinajstić information content (AvgIpc) is 2.60. The second kappa shape index (κ2) is 4.86. The van der Waals surface area contributed by atoms with Gasteiger partial charge in [-0.2, -0.15) is 0 Å². The number of rotatable bonds is 3. The first-order valence-electron chi connectivity index (χ1n) is 5.62. The minimum atomic E-state index is -3.35. The smallest absolute Gasteiger partial charge is 0.311 e. The maximum atomic E-state index is 13.8. The molecule has 1 N–H and O–H groups in total. The summed E-state index contributed by atoms with van der Waals surface area (Å²) < 4.78 is 37.3. The van der Waals surface area contributed by atoms with Crippen LogP contribution in [-0.2, 0) is 21.1 Å². The molecule has 4 nitrogen and oxygen atoms in total. The highest BCUT2D eigenvalue weighted by atomic mass is 79.9. The maximum Gasteiger partial charge on any atom is 0.311 e. The number of hydrogen-bond donors (Lipinski definition) is 1. The highest BCUT2D eigenvalue weighted by molar-refractivity contribution is 9.10. The Bertz CT molecular complexity index is 629. The molecule has 1 saturated heterocycles. The fourth-order valence-electron chi connectivity index (χ4n) is 2.33. The molecule has 1 atom stereocenters. The molecule has 0 radical (unpaired) electrons. The van der Waals surface area contributed by atoms with E-state index in [-0.39, 0.29) is 24.2 Å². The van der Waals surface area contributed by atoms with Crippen molar-refractivity contribution in [1.29, 1.82) is 0 Å². The van der Waals surface area contributed by atoms with Crippen LogP contribution in [0.2, 0.25) is 0 Å². The van der Waals surface area contributed by atoms with E-state index in [9.17, 15) is 22.7 Å². The van der Waals surface area contributed by atoms with Gasteiger partial charge in [0, 0.05) is 4.47 Å². The van der Waals surface area contributed by atoms with Crippen LogP contribution in [0.25, 0.3) is 0 Å². The van der Waals surface area contributed by atoms with Gasteiger partial charge in [0.25, 0.3) is 0 Å². The Balaban J connectivity index is 2.35. The van der Waals surface area contributed by atoms with Crippen LogP contribution in [0.1, 0.15) is 12.0 Å². The largest absolute Gasteiger partial charge is 0.481 e. The standard InChI is InChI=1S/C12H12BrFO4S/c13-9-2-1-8(10(14)5-9)6-12(11(15)16)3-4-19(17,18)7-12/h1-2,5H,3-4,6-7H2,(H,15,16). The first-order chi connectivity index (χ1) is 8.74. The van der Waals surface area contributed by atoms with Gasteiger partial charge < -0.3 is 5.11 Å². The lowest BCUT2D eigenvalue weighted by Gasteiger charge is -2.22. The number of carboxylic acids is 1. The molecule has 0 aliphatic carbocycles. The zero-order valence-corrected chi connectivity index (χ0v) is 12.3. The summed E-state index contributed by atoms with van der Waals surface area (Å²) in [7, 11) is -3.35. The van der Waals surface area contributed by atoms with Crippen molar-refractivity contribution in [2.75, 3.05) is 11.5 Å². The van der Waals surface area contributed by atoms with E-state index in [0.29, 0.717) is 4.47 Å². The normalized spacial score (nSPS) is 25.4. The number of benzene rings is 1. The number of aliphatic carboxylic acids is 1. The van der Waals surface area contributed by atoms with E-state index in [1.807, 2.05) is 0 Å². The second-order valence-corrected chi connectivity index (χ2v) is 7.94. The Morgan fingerprint density at radius 3 is 2.63 bits per heavy atom. The molecular formula is C12H12BrFO4S. The van der Waals surface area contributed by atoms with Gasteiger partial charge in [0.2, 0.25) is 0 Å². The van der Waals surface area contributed by atoms with E-state index < -0.39 is 32.8 Å². The van der Waals surface area contributed by atoms with Crippen LogP contribution in [-0.4, -0.2) is 31.0 Å². The summed E-state index contributed by atoms with van der Waals surface area (Å²) in [5.74, 6) is -2.29. The third-order valence-electron chi connectivity index (χ3n) is 3.39. The minimum Gasteiger partial charge on any atom is -0.481 e. The Labute approximate surface area is 118 Å². The summed E-state index contributed by atoms with van der Waals surface area (Å²) in [6.07, 6.45) is -0.0825. The summed E-state index contributed by atoms with van der Waals surface area (Å²) >= 11 is 3.12. The van der Waals surface area contributed by atoms with Gasteiger partial charge in [0.05, 0.1) is 16.9 Å². The summed E-state index contributed by atoms with van der Waals surface area (Å²) in [5, 5.41) is 9.31. The molecule has 2 rings (SSSR count). The van der Waals surface area contributed by atoms with Crippen LogP contribution in [0, 0.1) is 11.2 Å². The molecule has 19 heavy (non-hydrogen) atoms. The van der Waals surface area contributed by atoms with Crippen molar-refractivity contribution in [3.8, 4) is 0 Å². The number of halogens is 2. The number of carboxylic acid groups (broad SMARTS) is 1. The van der Waals surface area contributed by atoms with Gasteiger partial charge in [-0.3, -0.25) is 4.79 Å². The molecule has 1 aliphatic heterocycles. The monoisotopic (exact) mass is 350 g/mol. The van der Waals surface area contributed by atoms with Gasteiger partial charge in [0.15, 0.2) is 9.84 Å². The lowest BCUT2D eigenvalue weighted by Crippen LogP contribution is -2.35. The zero-order chi connectivity index (χ0) is 14.3. The van der Waals surface area contributed by atoms with Crippen LogP contribution >= 0.6 is 15.9 Å². The van der Waals surface area contributed by atoms with E-state index in [4.69, 9.17) is 0 Å². The Kier molecular flexibility index (Phi) is 3.70. The van der Waals surface area contributed by atoms with Crippen molar-refractivity contribution < 1.29 is 22.7 Å². The lowest BCUT2D eigenvalue weighted by atomic mass is 9.81. The third kappa shape index (κ3) is 2.97. The van der Waals surface area contributed by atoms with Crippen LogP contribution in [0.4, 0.5) is 4.39 Å². The molecule has 1 aliphatic rings. The summed E-state index contributed by atoms with van der Waals surface area (Å²) in [6.45, 7) is 0. The fraction of sp³-hybridized carbons (Fsp3) is 0.417. The van der Waals surface area contributed by atoms with Crippen molar-refractivity contribution in [3.05, 3.63) is 34.1 Å². The van der Waals surface area contributed by atoms with E-state index in [1.165, 1.54) is 12.1 Å². The Morgan fingerprint density at radius 2 is 2.16 bits per heavy atom. The molecule has 7 heteroatoms. The van der Waals surface area contributed by atoms with Crippen molar-refractivity contribution >= 4 is 31.7 Å². The van der Waals surface area contributed by atoms with E-state index >= 15 is 0 Å². The molecule has 1 aromatic rings. The topological polar surface area (TPSA) is 71.4 Å². The van der Waals surface area contributed by atoms with Gasteiger partial charge in [0.1, 0.15) is 5.82 Å². The van der Waals surface area contributed by atoms with Gasteiger partial charge in [-0.05, 0) is 30.5 Å². The Morgan fingerprint density at radius 1 is 1.47 bits per heavy atom. The molecule has 0 amide bonds. The molecular weight excluding hydrogens is 339 g/mol. The van der Waals surface area contributed by atoms with Gasteiger partial charge >= 0.3 is 5.97 Å². The van der Waals surface area contributed by atoms with Crippen molar-refractivity contribution in [1.82, 2.24) is 0 Å². The molecule has 1 aromatic carbocycles. The molecule has 1 unspecified atom stereocenters. The van der Waals surface area contributed by atoms with Gasteiger partial charge in [-0.25, -0.2) is 12.8 Å². The highest BCUT2D eigenvalue weighted by Crippen LogP contribution is 2.37. The molecule has 0 bridgehead atoms. The molecule has 1 fully saturated rings. The van der Waals surface area contributed by atoms with Crippen LogP contribution < -0.4 is 0 Å². The van der Waals surface area contributed by atoms with Crippen molar-refractivity contribution in [2.45, 2.75) is 12.8 Å². The van der Waals surface area contributed by atoms with Crippen molar-refractivity contribution in [2.24, 2.45) is 5.41 Å². The zero-order valence-electron chi connectivity index (χ0n) is 9.90. The molecule has 0 saturated carbocycles. The number of sulfone groups is 1. The predicted octanol–water partition coefficient (Wildman–Crippen LogP) is 2.02. The van der Waals surface area contributed by atoms with Gasteiger partial charge in [-0.1, -0.05) is 22.0 Å². The van der Waals surface area contributed by atoms with Crippen LogP contribution in [0.3, 0.4) is 0 Å². The molecule has 0 aromatic heterocycles. The first kappa shape index (κ1) is 14.5. The SMILES string of the molecule is O=C(O)C1(Cc2ccc(Br)cc2F)CCS(=O)(=O)C1. The third-order valence-corrected chi connectivity index (χ3v) is 5.70. The Hall–Kier alpha value is -0.950. The highest BCUT2D eigenvalue weighted by Gasteiger charge is 2.48. The van der Waals surface area contributed by atoms with E-state index in [0.717, 1.165) is 0 Å². The molecule has 1 heterocycles. The van der Waals surface area contributed by atoms with Crippen LogP contribution in [0.5, 0.6) is 0 Å².